The minimum atomic E-state index is -0.879. The normalized spacial score (nSPS) is 12.4. The molecular formula is C17H14BrN5OSe. The number of carbonyl (C=O) groups is 1. The van der Waals surface area contributed by atoms with Crippen LogP contribution in [0.4, 0.5) is 5.69 Å². The molecule has 2 rings (SSSR count). The number of azide groups is 1. The van der Waals surface area contributed by atoms with Crippen molar-refractivity contribution in [1.29, 1.82) is 5.26 Å². The molecule has 0 aliphatic heterocycles. The molecule has 1 unspecified atom stereocenters. The molecular weight excluding hydrogens is 449 g/mol. The molecule has 0 aliphatic rings. The summed E-state index contributed by atoms with van der Waals surface area (Å²) >= 11 is 3.12. The van der Waals surface area contributed by atoms with Crippen molar-refractivity contribution >= 4 is 46.9 Å². The Morgan fingerprint density at radius 1 is 1.36 bits per heavy atom. The van der Waals surface area contributed by atoms with Crippen LogP contribution in [0.1, 0.15) is 12.5 Å². The number of nitrogens with one attached hydrogen (secondary N) is 1. The van der Waals surface area contributed by atoms with Crippen LogP contribution in [0.5, 0.6) is 0 Å². The van der Waals surface area contributed by atoms with Gasteiger partial charge in [-0.3, -0.25) is 0 Å². The first kappa shape index (κ1) is 19.0. The molecule has 0 aliphatic carbocycles. The summed E-state index contributed by atoms with van der Waals surface area (Å²) in [6, 6.07) is 16.6. The van der Waals surface area contributed by atoms with Gasteiger partial charge in [-0.1, -0.05) is 0 Å². The standard InChI is InChI=1S/C17H14BrN5OSe/c1-17(11-21-23-20,25-14-8-6-13(18)7-9-14)16(24)22-15-5-3-2-4-12(15)10-19/h2-9H,11H2,1H3,(H,22,24). The summed E-state index contributed by atoms with van der Waals surface area (Å²) in [5, 5.41) is 15.6. The predicted octanol–water partition coefficient (Wildman–Crippen LogP) is 3.78. The molecule has 0 fully saturated rings. The van der Waals surface area contributed by atoms with E-state index in [0.717, 1.165) is 8.93 Å². The summed E-state index contributed by atoms with van der Waals surface area (Å²) in [7, 11) is 0. The fraction of sp³-hybridized carbons (Fsp3) is 0.176. The first-order chi connectivity index (χ1) is 12.0. The molecule has 0 saturated heterocycles. The molecule has 2 aromatic rings. The maximum absolute atomic E-state index is 12.9. The van der Waals surface area contributed by atoms with E-state index in [2.05, 4.69) is 37.3 Å². The molecule has 0 aromatic heterocycles. The van der Waals surface area contributed by atoms with Crippen molar-refractivity contribution in [3.63, 3.8) is 0 Å². The van der Waals surface area contributed by atoms with Gasteiger partial charge < -0.3 is 0 Å². The second-order valence-corrected chi connectivity index (χ2v) is 9.51. The number of halogens is 1. The van der Waals surface area contributed by atoms with Crippen LogP contribution in [0, 0.1) is 11.3 Å². The van der Waals surface area contributed by atoms with Crippen molar-refractivity contribution in [3.05, 3.63) is 69.0 Å². The van der Waals surface area contributed by atoms with Crippen molar-refractivity contribution in [3.8, 4) is 6.07 Å². The predicted molar refractivity (Wildman–Crippen MR) is 102 cm³/mol. The molecule has 25 heavy (non-hydrogen) atoms. The Hall–Kier alpha value is -2.29. The minimum absolute atomic E-state index is 0.0418. The number of nitrogens with zero attached hydrogens (tertiary/aromatic N) is 4. The Morgan fingerprint density at radius 2 is 2.04 bits per heavy atom. The van der Waals surface area contributed by atoms with Crippen LogP contribution in [0.25, 0.3) is 10.4 Å². The Kier molecular flexibility index (Phi) is 6.63. The van der Waals surface area contributed by atoms with Gasteiger partial charge >= 0.3 is 160 Å². The molecule has 1 N–H and O–H groups in total. The van der Waals surface area contributed by atoms with Gasteiger partial charge in [0.1, 0.15) is 0 Å². The third kappa shape index (κ3) is 5.09. The summed E-state index contributed by atoms with van der Waals surface area (Å²) in [6.45, 7) is 1.81. The van der Waals surface area contributed by atoms with Gasteiger partial charge in [-0.15, -0.1) is 0 Å². The van der Waals surface area contributed by atoms with E-state index in [0.29, 0.717) is 11.3 Å². The van der Waals surface area contributed by atoms with E-state index in [-0.39, 0.29) is 27.4 Å². The van der Waals surface area contributed by atoms with E-state index in [9.17, 15) is 4.79 Å². The SMILES string of the molecule is CC(CN=[N+]=[N-])([Se]c1ccc(Br)cc1)C(=O)Nc1ccccc1C#N. The van der Waals surface area contributed by atoms with E-state index in [1.54, 1.807) is 31.2 Å². The molecule has 6 nitrogen and oxygen atoms in total. The molecule has 1 amide bonds. The van der Waals surface area contributed by atoms with Crippen LogP contribution in [-0.2, 0) is 4.79 Å². The van der Waals surface area contributed by atoms with Crippen LogP contribution in [0.2, 0.25) is 4.31 Å². The van der Waals surface area contributed by atoms with Gasteiger partial charge in [0, 0.05) is 0 Å². The number of amides is 1. The van der Waals surface area contributed by atoms with Crippen molar-refractivity contribution < 1.29 is 4.79 Å². The Morgan fingerprint density at radius 3 is 2.68 bits per heavy atom. The second-order valence-electron chi connectivity index (χ2n) is 5.29. The van der Waals surface area contributed by atoms with Crippen LogP contribution >= 0.6 is 15.9 Å². The van der Waals surface area contributed by atoms with Crippen molar-refractivity contribution in [1.82, 2.24) is 0 Å². The summed E-state index contributed by atoms with van der Waals surface area (Å²) in [5.41, 5.74) is 9.51. The number of hydrogen-bond donors (Lipinski definition) is 1. The number of nitriles is 1. The first-order valence-corrected chi connectivity index (χ1v) is 9.75. The Bertz CT molecular complexity index is 858. The van der Waals surface area contributed by atoms with Gasteiger partial charge in [0.25, 0.3) is 0 Å². The van der Waals surface area contributed by atoms with E-state index < -0.39 is 4.31 Å². The molecule has 0 radical (unpaired) electrons. The first-order valence-electron chi connectivity index (χ1n) is 7.24. The average Bonchev–Trinajstić information content (AvgIpc) is 2.62. The Labute approximate surface area is 160 Å². The Balaban J connectivity index is 2.28. The van der Waals surface area contributed by atoms with E-state index in [1.807, 2.05) is 24.3 Å². The topological polar surface area (TPSA) is 102 Å². The van der Waals surface area contributed by atoms with E-state index in [1.165, 1.54) is 0 Å². The number of anilines is 1. The molecule has 0 bridgehead atoms. The second kappa shape index (κ2) is 8.70. The van der Waals surface area contributed by atoms with Gasteiger partial charge in [-0.2, -0.15) is 0 Å². The van der Waals surface area contributed by atoms with Gasteiger partial charge in [0.2, 0.25) is 0 Å². The maximum atomic E-state index is 12.9. The fourth-order valence-electron chi connectivity index (χ4n) is 2.02. The molecule has 0 heterocycles. The van der Waals surface area contributed by atoms with Crippen LogP contribution in [-0.4, -0.2) is 27.4 Å². The molecule has 0 saturated carbocycles. The van der Waals surface area contributed by atoms with Crippen molar-refractivity contribution in [2.75, 3.05) is 11.9 Å². The zero-order chi connectivity index (χ0) is 18.3. The van der Waals surface area contributed by atoms with Crippen LogP contribution < -0.4 is 9.78 Å². The quantitative estimate of drug-likeness (QED) is 0.305. The number of para-hydroxylation sites is 1. The number of hydrogen-bond acceptors (Lipinski definition) is 3. The summed E-state index contributed by atoms with van der Waals surface area (Å²) in [4.78, 5) is 15.7. The number of carbonyl (C=O) groups excluding carboxylic acids is 1. The third-order valence-corrected chi connectivity index (χ3v) is 6.57. The van der Waals surface area contributed by atoms with Gasteiger partial charge in [-0.25, -0.2) is 0 Å². The van der Waals surface area contributed by atoms with E-state index >= 15 is 0 Å². The van der Waals surface area contributed by atoms with Crippen molar-refractivity contribution in [2.24, 2.45) is 5.11 Å². The van der Waals surface area contributed by atoms with Gasteiger partial charge in [0.15, 0.2) is 0 Å². The summed E-state index contributed by atoms with van der Waals surface area (Å²) < 4.78 is 1.08. The van der Waals surface area contributed by atoms with Crippen molar-refractivity contribution in [2.45, 2.75) is 11.2 Å². The molecule has 1 atom stereocenters. The average molecular weight is 463 g/mol. The fourth-order valence-corrected chi connectivity index (χ4v) is 4.51. The van der Waals surface area contributed by atoms with Crippen LogP contribution in [0.3, 0.4) is 0 Å². The van der Waals surface area contributed by atoms with Gasteiger partial charge in [-0.05, 0) is 0 Å². The molecule has 2 aromatic carbocycles. The number of rotatable bonds is 6. The van der Waals surface area contributed by atoms with Crippen LogP contribution in [0.15, 0.2) is 58.1 Å². The zero-order valence-electron chi connectivity index (χ0n) is 13.3. The summed E-state index contributed by atoms with van der Waals surface area (Å²) in [6.07, 6.45) is 0. The molecule has 0 spiro atoms. The third-order valence-electron chi connectivity index (χ3n) is 3.37. The van der Waals surface area contributed by atoms with Gasteiger partial charge in [0.05, 0.1) is 0 Å². The molecule has 8 heteroatoms. The summed E-state index contributed by atoms with van der Waals surface area (Å²) in [5.74, 6) is -0.273. The number of benzene rings is 2. The zero-order valence-corrected chi connectivity index (χ0v) is 16.6. The van der Waals surface area contributed by atoms with E-state index in [4.69, 9.17) is 10.8 Å². The monoisotopic (exact) mass is 463 g/mol. The molecule has 126 valence electrons.